The summed E-state index contributed by atoms with van der Waals surface area (Å²) in [6, 6.07) is 25.0. The van der Waals surface area contributed by atoms with Gasteiger partial charge < -0.3 is 4.74 Å². The van der Waals surface area contributed by atoms with Crippen LogP contribution in [-0.4, -0.2) is 16.5 Å². The Hall–Kier alpha value is -2.97. The van der Waals surface area contributed by atoms with Crippen LogP contribution in [0.1, 0.15) is 22.0 Å². The summed E-state index contributed by atoms with van der Waals surface area (Å²) in [5.74, 6) is 1.26. The van der Waals surface area contributed by atoms with E-state index in [1.165, 1.54) is 11.3 Å². The van der Waals surface area contributed by atoms with Crippen molar-refractivity contribution in [2.45, 2.75) is 6.04 Å². The molecule has 2 aliphatic heterocycles. The molecule has 9 heteroatoms. The van der Waals surface area contributed by atoms with Gasteiger partial charge in [0.25, 0.3) is 0 Å². The second-order valence-electron chi connectivity index (χ2n) is 7.39. The highest BCUT2D eigenvalue weighted by Gasteiger charge is 2.40. The van der Waals surface area contributed by atoms with Crippen LogP contribution in [0, 0.1) is 3.95 Å². The molecule has 0 N–H and O–H groups in total. The number of amidine groups is 1. The average Bonchev–Trinajstić information content (AvgIpc) is 3.41. The van der Waals surface area contributed by atoms with Crippen LogP contribution in [0.4, 0.5) is 5.82 Å². The Balaban J connectivity index is 1.58. The summed E-state index contributed by atoms with van der Waals surface area (Å²) >= 11 is 20.0. The van der Waals surface area contributed by atoms with Crippen LogP contribution >= 0.6 is 46.8 Å². The van der Waals surface area contributed by atoms with E-state index in [1.807, 2.05) is 83.4 Å². The predicted molar refractivity (Wildman–Crippen MR) is 137 cm³/mol. The molecule has 6 rings (SSSR count). The standard InChI is InChI=1S/C24H14Cl2N4OS2/c25-15-10-12-16(13-11-15)29-22-20(33-24(29)32)19(17-8-4-5-9-18(17)26)27-23-30(22)28-21(31-23)14-6-2-1-3-7-14/h1-13,19H. The molecule has 5 nitrogen and oxygen atoms in total. The number of rotatable bonds is 3. The maximum Gasteiger partial charge on any atom is 0.322 e. The molecule has 0 fully saturated rings. The minimum atomic E-state index is -0.370. The van der Waals surface area contributed by atoms with Crippen LogP contribution in [0.15, 0.2) is 89.0 Å². The summed E-state index contributed by atoms with van der Waals surface area (Å²) in [7, 11) is 0. The molecule has 0 amide bonds. The molecular formula is C24H14Cl2N4OS2. The first-order chi connectivity index (χ1) is 16.1. The quantitative estimate of drug-likeness (QED) is 0.274. The first-order valence-corrected chi connectivity index (χ1v) is 12.0. The van der Waals surface area contributed by atoms with Gasteiger partial charge in [-0.15, -0.1) is 16.4 Å². The third-order valence-corrected chi connectivity index (χ3v) is 7.38. The molecule has 1 unspecified atom stereocenters. The SMILES string of the molecule is S=c1sc2c(n1-c1ccc(Cl)cc1)N1N=C(c3ccccc3)OC1=NC2c1ccccc1Cl. The minimum Gasteiger partial charge on any atom is -0.403 e. The molecule has 33 heavy (non-hydrogen) atoms. The maximum absolute atomic E-state index is 6.58. The first kappa shape index (κ1) is 20.6. The van der Waals surface area contributed by atoms with Gasteiger partial charge in [0.05, 0.1) is 4.88 Å². The van der Waals surface area contributed by atoms with Crippen molar-refractivity contribution in [3.63, 3.8) is 0 Å². The molecule has 1 aromatic heterocycles. The number of hydrogen-bond acceptors (Lipinski definition) is 6. The Morgan fingerprint density at radius 1 is 0.909 bits per heavy atom. The molecule has 3 heterocycles. The predicted octanol–water partition coefficient (Wildman–Crippen LogP) is 7.23. The van der Waals surface area contributed by atoms with E-state index < -0.39 is 0 Å². The topological polar surface area (TPSA) is 42.1 Å². The summed E-state index contributed by atoms with van der Waals surface area (Å²) in [6.07, 6.45) is 0. The van der Waals surface area contributed by atoms with Crippen molar-refractivity contribution in [1.82, 2.24) is 4.57 Å². The molecule has 162 valence electrons. The number of aromatic nitrogens is 1. The lowest BCUT2D eigenvalue weighted by Gasteiger charge is -2.25. The van der Waals surface area contributed by atoms with E-state index in [4.69, 9.17) is 50.3 Å². The van der Waals surface area contributed by atoms with Crippen molar-refractivity contribution in [2.75, 3.05) is 5.01 Å². The largest absolute Gasteiger partial charge is 0.403 e. The monoisotopic (exact) mass is 508 g/mol. The fourth-order valence-corrected chi connectivity index (χ4v) is 5.71. The van der Waals surface area contributed by atoms with Gasteiger partial charge in [-0.05, 0) is 54.7 Å². The average molecular weight is 509 g/mol. The second-order valence-corrected chi connectivity index (χ2v) is 9.91. The van der Waals surface area contributed by atoms with Crippen LogP contribution < -0.4 is 5.01 Å². The van der Waals surface area contributed by atoms with Gasteiger partial charge in [0.1, 0.15) is 6.04 Å². The second kappa shape index (κ2) is 8.11. The molecule has 0 saturated heterocycles. The van der Waals surface area contributed by atoms with Crippen molar-refractivity contribution in [2.24, 2.45) is 10.1 Å². The summed E-state index contributed by atoms with van der Waals surface area (Å²) in [4.78, 5) is 5.84. The number of fused-ring (bicyclic) bond motifs is 3. The van der Waals surface area contributed by atoms with E-state index >= 15 is 0 Å². The summed E-state index contributed by atoms with van der Waals surface area (Å²) in [6.45, 7) is 0. The lowest BCUT2D eigenvalue weighted by atomic mass is 10.0. The molecular weight excluding hydrogens is 495 g/mol. The molecule has 2 aliphatic rings. The summed E-state index contributed by atoms with van der Waals surface area (Å²) in [5, 5.41) is 7.76. The lowest BCUT2D eigenvalue weighted by molar-refractivity contribution is 0.545. The summed E-state index contributed by atoms with van der Waals surface area (Å²) in [5.41, 5.74) is 2.62. The van der Waals surface area contributed by atoms with E-state index in [0.29, 0.717) is 25.9 Å². The zero-order valence-electron chi connectivity index (χ0n) is 16.9. The molecule has 0 spiro atoms. The van der Waals surface area contributed by atoms with Crippen LogP contribution in [0.25, 0.3) is 5.69 Å². The third-order valence-electron chi connectivity index (χ3n) is 5.37. The fraction of sp³-hybridized carbons (Fsp3) is 0.0417. The zero-order chi connectivity index (χ0) is 22.5. The van der Waals surface area contributed by atoms with Crippen molar-refractivity contribution >= 4 is 64.5 Å². The van der Waals surface area contributed by atoms with Gasteiger partial charge in [-0.3, -0.25) is 4.57 Å². The maximum atomic E-state index is 6.58. The molecule has 0 radical (unpaired) electrons. The van der Waals surface area contributed by atoms with E-state index in [2.05, 4.69) is 0 Å². The van der Waals surface area contributed by atoms with Gasteiger partial charge in [-0.25, -0.2) is 4.99 Å². The number of nitrogens with zero attached hydrogens (tertiary/aromatic N) is 4. The summed E-state index contributed by atoms with van der Waals surface area (Å²) < 4.78 is 8.78. The number of aliphatic imine (C=N–C) groups is 1. The number of anilines is 1. The zero-order valence-corrected chi connectivity index (χ0v) is 20.0. The van der Waals surface area contributed by atoms with Crippen LogP contribution in [0.5, 0.6) is 0 Å². The number of hydrogen-bond donors (Lipinski definition) is 0. The van der Waals surface area contributed by atoms with Crippen LogP contribution in [-0.2, 0) is 4.74 Å². The Bertz CT molecular complexity index is 1490. The Labute approximate surface area is 208 Å². The number of halogens is 2. The van der Waals surface area contributed by atoms with Crippen molar-refractivity contribution in [3.05, 3.63) is 109 Å². The van der Waals surface area contributed by atoms with E-state index in [0.717, 1.165) is 27.5 Å². The van der Waals surface area contributed by atoms with Crippen molar-refractivity contribution in [3.8, 4) is 5.69 Å². The van der Waals surface area contributed by atoms with Gasteiger partial charge in [0, 0.05) is 26.9 Å². The Kier molecular flexibility index (Phi) is 5.07. The van der Waals surface area contributed by atoms with Crippen molar-refractivity contribution < 1.29 is 4.74 Å². The van der Waals surface area contributed by atoms with Crippen LogP contribution in [0.2, 0.25) is 10.0 Å². The van der Waals surface area contributed by atoms with Gasteiger partial charge in [0.15, 0.2) is 9.77 Å². The Morgan fingerprint density at radius 2 is 1.64 bits per heavy atom. The lowest BCUT2D eigenvalue weighted by Crippen LogP contribution is -2.29. The first-order valence-electron chi connectivity index (χ1n) is 10.1. The molecule has 4 aromatic rings. The highest BCUT2D eigenvalue weighted by Crippen LogP contribution is 2.46. The molecule has 1 atom stereocenters. The fourth-order valence-electron chi connectivity index (χ4n) is 3.85. The molecule has 3 aromatic carbocycles. The van der Waals surface area contributed by atoms with E-state index in [9.17, 15) is 0 Å². The number of hydrazone groups is 1. The third kappa shape index (κ3) is 3.48. The smallest absolute Gasteiger partial charge is 0.322 e. The molecule has 0 aliphatic carbocycles. The van der Waals surface area contributed by atoms with Gasteiger partial charge >= 0.3 is 6.02 Å². The van der Waals surface area contributed by atoms with E-state index in [1.54, 1.807) is 5.01 Å². The molecule has 0 bridgehead atoms. The van der Waals surface area contributed by atoms with Gasteiger partial charge in [-0.2, -0.15) is 5.01 Å². The molecule has 0 saturated carbocycles. The van der Waals surface area contributed by atoms with Crippen LogP contribution in [0.3, 0.4) is 0 Å². The Morgan fingerprint density at radius 3 is 2.39 bits per heavy atom. The number of benzene rings is 3. The number of ether oxygens (including phenoxy) is 1. The highest BCUT2D eigenvalue weighted by atomic mass is 35.5. The number of thiazole rings is 1. The van der Waals surface area contributed by atoms with E-state index in [-0.39, 0.29) is 6.04 Å². The van der Waals surface area contributed by atoms with Gasteiger partial charge in [0.2, 0.25) is 5.90 Å². The highest BCUT2D eigenvalue weighted by molar-refractivity contribution is 7.73. The van der Waals surface area contributed by atoms with Gasteiger partial charge in [-0.1, -0.05) is 59.6 Å². The normalized spacial score (nSPS) is 16.5. The van der Waals surface area contributed by atoms with Crippen molar-refractivity contribution in [1.29, 1.82) is 0 Å². The minimum absolute atomic E-state index is 0.370.